The molecule has 0 radical (unpaired) electrons. The first-order chi connectivity index (χ1) is 13.6. The van der Waals surface area contributed by atoms with E-state index in [9.17, 15) is 9.59 Å². The van der Waals surface area contributed by atoms with Gasteiger partial charge in [0.1, 0.15) is 6.04 Å². The second kappa shape index (κ2) is 7.80. The largest absolute Gasteiger partial charge is 0.374 e. The van der Waals surface area contributed by atoms with Crippen molar-refractivity contribution in [2.45, 2.75) is 32.2 Å². The molecule has 0 unspecified atom stereocenters. The van der Waals surface area contributed by atoms with Crippen molar-refractivity contribution in [2.75, 3.05) is 28.6 Å². The molecule has 4 N–H and O–H groups in total. The number of H-pyrrole nitrogens is 2. The van der Waals surface area contributed by atoms with E-state index in [4.69, 9.17) is 0 Å². The fourth-order valence-electron chi connectivity index (χ4n) is 3.60. The highest BCUT2D eigenvalue weighted by molar-refractivity contribution is 5.97. The Morgan fingerprint density at radius 1 is 0.964 bits per heavy atom. The van der Waals surface area contributed by atoms with E-state index in [0.717, 1.165) is 18.8 Å². The van der Waals surface area contributed by atoms with Gasteiger partial charge in [-0.3, -0.25) is 4.79 Å². The lowest BCUT2D eigenvalue weighted by Gasteiger charge is -2.29. The standard InChI is InChI=1S/C21H25N5O2/c1-14(20(27)23-16-7-10-18-19(13-16)25-21(28)24-18)22-15-5-8-17(9-6-15)26-11-3-2-4-12-26/h5-10,13-14,22H,2-4,11-12H2,1H3,(H,23,27)(H2,24,25,28)/t14-/m0/s1. The fourth-order valence-corrected chi connectivity index (χ4v) is 3.60. The maximum Gasteiger partial charge on any atom is 0.323 e. The van der Waals surface area contributed by atoms with Gasteiger partial charge in [-0.05, 0) is 68.7 Å². The van der Waals surface area contributed by atoms with E-state index in [0.29, 0.717) is 16.7 Å². The van der Waals surface area contributed by atoms with Crippen LogP contribution in [-0.4, -0.2) is 35.0 Å². The lowest BCUT2D eigenvalue weighted by atomic mass is 10.1. The van der Waals surface area contributed by atoms with Crippen LogP contribution in [0.1, 0.15) is 26.2 Å². The highest BCUT2D eigenvalue weighted by Gasteiger charge is 2.14. The summed E-state index contributed by atoms with van der Waals surface area (Å²) in [5.74, 6) is -0.141. The summed E-state index contributed by atoms with van der Waals surface area (Å²) in [5, 5.41) is 6.12. The van der Waals surface area contributed by atoms with Gasteiger partial charge in [0, 0.05) is 30.2 Å². The van der Waals surface area contributed by atoms with E-state index < -0.39 is 6.04 Å². The molecule has 1 aromatic heterocycles. The van der Waals surface area contributed by atoms with Gasteiger partial charge in [0.2, 0.25) is 5.91 Å². The lowest BCUT2D eigenvalue weighted by molar-refractivity contribution is -0.116. The number of hydrogen-bond donors (Lipinski definition) is 4. The van der Waals surface area contributed by atoms with Gasteiger partial charge in [-0.25, -0.2) is 4.79 Å². The summed E-state index contributed by atoms with van der Waals surface area (Å²) in [5.41, 5.74) is 3.90. The maximum atomic E-state index is 12.5. The predicted molar refractivity (Wildman–Crippen MR) is 113 cm³/mol. The molecule has 0 spiro atoms. The van der Waals surface area contributed by atoms with Crippen LogP contribution >= 0.6 is 0 Å². The molecular formula is C21H25N5O2. The van der Waals surface area contributed by atoms with Gasteiger partial charge < -0.3 is 25.5 Å². The second-order valence-corrected chi connectivity index (χ2v) is 7.29. The predicted octanol–water partition coefficient (Wildman–Crippen LogP) is 3.29. The number of imidazole rings is 1. The fraction of sp³-hybridized carbons (Fsp3) is 0.333. The smallest absolute Gasteiger partial charge is 0.323 e. The Labute approximate surface area is 163 Å². The van der Waals surface area contributed by atoms with Crippen molar-refractivity contribution >= 4 is 34.0 Å². The number of anilines is 3. The van der Waals surface area contributed by atoms with Crippen LogP contribution in [0.15, 0.2) is 47.3 Å². The van der Waals surface area contributed by atoms with E-state index >= 15 is 0 Å². The quantitative estimate of drug-likeness (QED) is 0.547. The summed E-state index contributed by atoms with van der Waals surface area (Å²) in [6.45, 7) is 4.05. The van der Waals surface area contributed by atoms with E-state index in [-0.39, 0.29) is 11.6 Å². The first kappa shape index (κ1) is 18.2. The molecule has 1 aliphatic heterocycles. The molecule has 4 rings (SSSR count). The third-order valence-corrected chi connectivity index (χ3v) is 5.15. The molecule has 7 nitrogen and oxygen atoms in total. The van der Waals surface area contributed by atoms with E-state index in [1.54, 1.807) is 18.2 Å². The van der Waals surface area contributed by atoms with Crippen LogP contribution in [0.25, 0.3) is 11.0 Å². The van der Waals surface area contributed by atoms with Crippen LogP contribution < -0.4 is 21.2 Å². The molecular weight excluding hydrogens is 354 g/mol. The normalized spacial score (nSPS) is 15.4. The molecule has 1 fully saturated rings. The van der Waals surface area contributed by atoms with Crippen molar-refractivity contribution in [1.29, 1.82) is 0 Å². The van der Waals surface area contributed by atoms with Crippen LogP contribution in [0.4, 0.5) is 17.1 Å². The Morgan fingerprint density at radius 3 is 2.39 bits per heavy atom. The van der Waals surface area contributed by atoms with E-state index in [1.165, 1.54) is 24.9 Å². The highest BCUT2D eigenvalue weighted by Crippen LogP contribution is 2.22. The van der Waals surface area contributed by atoms with E-state index in [2.05, 4.69) is 37.6 Å². The number of aromatic nitrogens is 2. The lowest BCUT2D eigenvalue weighted by Crippen LogP contribution is -2.32. The number of aromatic amines is 2. The van der Waals surface area contributed by atoms with Crippen molar-refractivity contribution in [3.63, 3.8) is 0 Å². The summed E-state index contributed by atoms with van der Waals surface area (Å²) < 4.78 is 0. The molecule has 2 aromatic carbocycles. The number of nitrogens with one attached hydrogen (secondary N) is 4. The SMILES string of the molecule is C[C@H](Nc1ccc(N2CCCCC2)cc1)C(=O)Nc1ccc2[nH]c(=O)[nH]c2c1. The molecule has 28 heavy (non-hydrogen) atoms. The zero-order chi connectivity index (χ0) is 19.5. The second-order valence-electron chi connectivity index (χ2n) is 7.29. The van der Waals surface area contributed by atoms with Crippen LogP contribution in [0.2, 0.25) is 0 Å². The molecule has 1 saturated heterocycles. The number of nitrogens with zero attached hydrogens (tertiary/aromatic N) is 1. The number of fused-ring (bicyclic) bond motifs is 1. The van der Waals surface area contributed by atoms with Crippen molar-refractivity contribution < 1.29 is 4.79 Å². The molecule has 7 heteroatoms. The Morgan fingerprint density at radius 2 is 1.64 bits per heavy atom. The summed E-state index contributed by atoms with van der Waals surface area (Å²) in [6, 6.07) is 13.1. The third kappa shape index (κ3) is 4.03. The van der Waals surface area contributed by atoms with Gasteiger partial charge in [0.05, 0.1) is 11.0 Å². The number of rotatable bonds is 5. The number of hydrogen-bond acceptors (Lipinski definition) is 4. The summed E-state index contributed by atoms with van der Waals surface area (Å²) in [6.07, 6.45) is 3.81. The zero-order valence-corrected chi connectivity index (χ0v) is 15.9. The van der Waals surface area contributed by atoms with E-state index in [1.807, 2.05) is 19.1 Å². The minimum atomic E-state index is -0.401. The summed E-state index contributed by atoms with van der Waals surface area (Å²) in [4.78, 5) is 31.6. The molecule has 1 atom stereocenters. The van der Waals surface area contributed by atoms with Crippen LogP contribution in [0.3, 0.4) is 0 Å². The minimum Gasteiger partial charge on any atom is -0.374 e. The van der Waals surface area contributed by atoms with Crippen molar-refractivity contribution in [3.8, 4) is 0 Å². The molecule has 1 amide bonds. The van der Waals surface area contributed by atoms with Crippen LogP contribution in [0, 0.1) is 0 Å². The van der Waals surface area contributed by atoms with Crippen molar-refractivity contribution in [1.82, 2.24) is 9.97 Å². The van der Waals surface area contributed by atoms with Crippen molar-refractivity contribution in [3.05, 3.63) is 52.9 Å². The minimum absolute atomic E-state index is 0.141. The molecule has 3 aromatic rings. The Hall–Kier alpha value is -3.22. The molecule has 0 bridgehead atoms. The van der Waals surface area contributed by atoms with Gasteiger partial charge >= 0.3 is 5.69 Å². The van der Waals surface area contributed by atoms with Gasteiger partial charge in [-0.2, -0.15) is 0 Å². The molecule has 146 valence electrons. The topological polar surface area (TPSA) is 93.0 Å². The third-order valence-electron chi connectivity index (χ3n) is 5.15. The molecule has 2 heterocycles. The monoisotopic (exact) mass is 379 g/mol. The van der Waals surface area contributed by atoms with Crippen LogP contribution in [-0.2, 0) is 4.79 Å². The summed E-state index contributed by atoms with van der Waals surface area (Å²) >= 11 is 0. The zero-order valence-electron chi connectivity index (χ0n) is 15.9. The van der Waals surface area contributed by atoms with Gasteiger partial charge in [0.15, 0.2) is 0 Å². The number of piperidine rings is 1. The van der Waals surface area contributed by atoms with Gasteiger partial charge in [-0.15, -0.1) is 0 Å². The average Bonchev–Trinajstić information content (AvgIpc) is 3.08. The first-order valence-corrected chi connectivity index (χ1v) is 9.73. The highest BCUT2D eigenvalue weighted by atomic mass is 16.2. The Bertz CT molecular complexity index is 1020. The first-order valence-electron chi connectivity index (χ1n) is 9.73. The number of carbonyl (C=O) groups excluding carboxylic acids is 1. The summed E-state index contributed by atoms with van der Waals surface area (Å²) in [7, 11) is 0. The molecule has 0 aliphatic carbocycles. The van der Waals surface area contributed by atoms with Gasteiger partial charge in [0.25, 0.3) is 0 Å². The number of amides is 1. The molecule has 0 saturated carbocycles. The van der Waals surface area contributed by atoms with Gasteiger partial charge in [-0.1, -0.05) is 0 Å². The van der Waals surface area contributed by atoms with Crippen molar-refractivity contribution in [2.24, 2.45) is 0 Å². The average molecular weight is 379 g/mol. The maximum absolute atomic E-state index is 12.5. The Balaban J connectivity index is 1.37. The van der Waals surface area contributed by atoms with Crippen LogP contribution in [0.5, 0.6) is 0 Å². The molecule has 1 aliphatic rings. The Kier molecular flexibility index (Phi) is 5.06. The number of carbonyl (C=O) groups is 1. The number of benzene rings is 2.